The number of benzene rings is 1. The number of aromatic nitrogens is 1. The Morgan fingerprint density at radius 2 is 1.89 bits per heavy atom. The summed E-state index contributed by atoms with van der Waals surface area (Å²) in [7, 11) is 0. The minimum absolute atomic E-state index is 0.260. The van der Waals surface area contributed by atoms with Crippen molar-refractivity contribution in [2.75, 3.05) is 0 Å². The average Bonchev–Trinajstić information content (AvgIpc) is 2.63. The molecule has 2 nitrogen and oxygen atoms in total. The molecule has 0 aliphatic carbocycles. The van der Waals surface area contributed by atoms with E-state index in [1.807, 2.05) is 0 Å². The second kappa shape index (κ2) is 5.45. The molecule has 0 N–H and O–H groups in total. The van der Waals surface area contributed by atoms with Crippen molar-refractivity contribution in [3.63, 3.8) is 0 Å². The van der Waals surface area contributed by atoms with E-state index in [0.717, 1.165) is 4.47 Å². The highest BCUT2D eigenvalue weighted by Crippen LogP contribution is 2.27. The lowest BCUT2D eigenvalue weighted by Gasteiger charge is -2.16. The van der Waals surface area contributed by atoms with Crippen LogP contribution < -0.4 is 0 Å². The quantitative estimate of drug-likeness (QED) is 0.782. The van der Waals surface area contributed by atoms with Gasteiger partial charge in [-0.15, -0.1) is 0 Å². The number of rotatable bonds is 4. The van der Waals surface area contributed by atoms with Crippen LogP contribution in [0.3, 0.4) is 0 Å². The van der Waals surface area contributed by atoms with E-state index in [1.165, 1.54) is 16.6 Å². The number of nitrogens with zero attached hydrogens (tertiary/aromatic N) is 1. The molecule has 1 aromatic carbocycles. The molecule has 0 bridgehead atoms. The molecule has 0 saturated heterocycles. The van der Waals surface area contributed by atoms with Gasteiger partial charge in [0.15, 0.2) is 0 Å². The van der Waals surface area contributed by atoms with E-state index >= 15 is 0 Å². The maximum absolute atomic E-state index is 5.75. The Hall–Kier alpha value is -0.800. The Morgan fingerprint density at radius 3 is 2.50 bits per heavy atom. The Kier molecular flexibility index (Phi) is 4.13. The first-order valence-electron chi connectivity index (χ1n) is 6.40. The van der Waals surface area contributed by atoms with E-state index in [0.29, 0.717) is 12.6 Å². The minimum atomic E-state index is 0.260. The molecule has 2 rings (SSSR count). The second-order valence-electron chi connectivity index (χ2n) is 5.16. The normalized spacial score (nSPS) is 11.9. The second-order valence-corrected chi connectivity index (χ2v) is 6.08. The topological polar surface area (TPSA) is 14.2 Å². The first-order valence-corrected chi connectivity index (χ1v) is 7.19. The number of ether oxygens (including phenoxy) is 1. The van der Waals surface area contributed by atoms with Crippen LogP contribution in [0.15, 0.2) is 28.7 Å². The average molecular weight is 310 g/mol. The molecule has 0 unspecified atom stereocenters. The van der Waals surface area contributed by atoms with Crippen molar-refractivity contribution in [1.82, 2.24) is 4.57 Å². The van der Waals surface area contributed by atoms with Crippen molar-refractivity contribution >= 4 is 26.8 Å². The van der Waals surface area contributed by atoms with E-state index in [1.54, 1.807) is 0 Å². The van der Waals surface area contributed by atoms with Crippen molar-refractivity contribution in [3.05, 3.63) is 34.4 Å². The molecular weight excluding hydrogens is 290 g/mol. The predicted molar refractivity (Wildman–Crippen MR) is 79.9 cm³/mol. The molecule has 0 amide bonds. The summed E-state index contributed by atoms with van der Waals surface area (Å²) >= 11 is 3.52. The molecule has 0 aliphatic rings. The summed E-state index contributed by atoms with van der Waals surface area (Å²) in [6.07, 6.45) is 0.260. The summed E-state index contributed by atoms with van der Waals surface area (Å²) < 4.78 is 9.22. The van der Waals surface area contributed by atoms with Crippen LogP contribution in [-0.2, 0) is 11.3 Å². The summed E-state index contributed by atoms with van der Waals surface area (Å²) in [6.45, 7) is 9.22. The van der Waals surface area contributed by atoms with E-state index in [9.17, 15) is 0 Å². The maximum Gasteiger partial charge on any atom is 0.0871 e. The van der Waals surface area contributed by atoms with Crippen LogP contribution in [0.4, 0.5) is 0 Å². The van der Waals surface area contributed by atoms with Crippen LogP contribution in [0.25, 0.3) is 10.9 Å². The van der Waals surface area contributed by atoms with Crippen LogP contribution in [-0.4, -0.2) is 10.7 Å². The van der Waals surface area contributed by atoms with Crippen LogP contribution >= 0.6 is 15.9 Å². The standard InChI is InChI=1S/C15H20BrNO/c1-10(2)17-14(9-18-11(3)4)8-12-7-13(16)5-6-15(12)17/h5-8,10-11H,9H2,1-4H3. The molecule has 1 aromatic heterocycles. The summed E-state index contributed by atoms with van der Waals surface area (Å²) in [5, 5.41) is 1.26. The fourth-order valence-corrected chi connectivity index (χ4v) is 2.62. The molecule has 0 atom stereocenters. The SMILES string of the molecule is CC(C)OCc1cc2cc(Br)ccc2n1C(C)C. The fourth-order valence-electron chi connectivity index (χ4n) is 2.24. The molecule has 0 aliphatic heterocycles. The molecular formula is C15H20BrNO. The highest BCUT2D eigenvalue weighted by molar-refractivity contribution is 9.10. The first-order chi connectivity index (χ1) is 8.49. The predicted octanol–water partition coefficient (Wildman–Crippen LogP) is 4.91. The van der Waals surface area contributed by atoms with Gasteiger partial charge in [0.25, 0.3) is 0 Å². The van der Waals surface area contributed by atoms with Gasteiger partial charge in [0.05, 0.1) is 12.7 Å². The van der Waals surface area contributed by atoms with Gasteiger partial charge in [-0.3, -0.25) is 0 Å². The Labute approximate surface area is 117 Å². The third-order valence-corrected chi connectivity index (χ3v) is 3.45. The van der Waals surface area contributed by atoms with E-state index in [4.69, 9.17) is 4.74 Å². The zero-order chi connectivity index (χ0) is 13.3. The van der Waals surface area contributed by atoms with Gasteiger partial charge in [-0.2, -0.15) is 0 Å². The molecule has 1 heterocycles. The highest BCUT2D eigenvalue weighted by atomic mass is 79.9. The first kappa shape index (κ1) is 13.6. The van der Waals surface area contributed by atoms with Gasteiger partial charge < -0.3 is 9.30 Å². The van der Waals surface area contributed by atoms with Gasteiger partial charge in [-0.25, -0.2) is 0 Å². The lowest BCUT2D eigenvalue weighted by Crippen LogP contribution is -2.09. The van der Waals surface area contributed by atoms with E-state index in [-0.39, 0.29) is 6.10 Å². The van der Waals surface area contributed by atoms with Gasteiger partial charge in [-0.1, -0.05) is 15.9 Å². The molecule has 0 fully saturated rings. The maximum atomic E-state index is 5.75. The summed E-state index contributed by atoms with van der Waals surface area (Å²) in [6, 6.07) is 9.08. The number of hydrogen-bond donors (Lipinski definition) is 0. The van der Waals surface area contributed by atoms with E-state index in [2.05, 4.69) is 72.5 Å². The van der Waals surface area contributed by atoms with Gasteiger partial charge >= 0.3 is 0 Å². The van der Waals surface area contributed by atoms with E-state index < -0.39 is 0 Å². The van der Waals surface area contributed by atoms with Crippen LogP contribution in [0.2, 0.25) is 0 Å². The zero-order valence-electron chi connectivity index (χ0n) is 11.4. The highest BCUT2D eigenvalue weighted by Gasteiger charge is 2.12. The number of hydrogen-bond acceptors (Lipinski definition) is 1. The third-order valence-electron chi connectivity index (χ3n) is 2.96. The Morgan fingerprint density at radius 1 is 1.17 bits per heavy atom. The molecule has 0 radical (unpaired) electrons. The molecule has 18 heavy (non-hydrogen) atoms. The van der Waals surface area contributed by atoms with Crippen LogP contribution in [0, 0.1) is 0 Å². The smallest absolute Gasteiger partial charge is 0.0871 e. The van der Waals surface area contributed by atoms with Gasteiger partial charge in [-0.05, 0) is 52.0 Å². The Balaban J connectivity index is 2.47. The van der Waals surface area contributed by atoms with Crippen molar-refractivity contribution < 1.29 is 4.74 Å². The van der Waals surface area contributed by atoms with Crippen molar-refractivity contribution in [3.8, 4) is 0 Å². The molecule has 2 aromatic rings. The van der Waals surface area contributed by atoms with Gasteiger partial charge in [0.2, 0.25) is 0 Å². The monoisotopic (exact) mass is 309 g/mol. The summed E-state index contributed by atoms with van der Waals surface area (Å²) in [4.78, 5) is 0. The molecule has 0 saturated carbocycles. The lowest BCUT2D eigenvalue weighted by atomic mass is 10.2. The molecule has 98 valence electrons. The van der Waals surface area contributed by atoms with Crippen molar-refractivity contribution in [2.24, 2.45) is 0 Å². The van der Waals surface area contributed by atoms with Crippen molar-refractivity contribution in [2.45, 2.75) is 46.4 Å². The molecule has 0 spiro atoms. The number of halogens is 1. The Bertz CT molecular complexity index is 543. The molecule has 3 heteroatoms. The summed E-state index contributed by atoms with van der Waals surface area (Å²) in [5.74, 6) is 0. The minimum Gasteiger partial charge on any atom is -0.373 e. The zero-order valence-corrected chi connectivity index (χ0v) is 13.0. The van der Waals surface area contributed by atoms with Gasteiger partial charge in [0.1, 0.15) is 0 Å². The number of fused-ring (bicyclic) bond motifs is 1. The van der Waals surface area contributed by atoms with Crippen LogP contribution in [0.5, 0.6) is 0 Å². The van der Waals surface area contributed by atoms with Gasteiger partial charge in [0, 0.05) is 27.1 Å². The lowest BCUT2D eigenvalue weighted by molar-refractivity contribution is 0.0615. The third kappa shape index (κ3) is 2.78. The fraction of sp³-hybridized carbons (Fsp3) is 0.467. The largest absolute Gasteiger partial charge is 0.373 e. The van der Waals surface area contributed by atoms with Crippen molar-refractivity contribution in [1.29, 1.82) is 0 Å². The van der Waals surface area contributed by atoms with Crippen LogP contribution in [0.1, 0.15) is 39.4 Å². The summed E-state index contributed by atoms with van der Waals surface area (Å²) in [5.41, 5.74) is 2.52.